The van der Waals surface area contributed by atoms with Crippen LogP contribution in [0.3, 0.4) is 0 Å². The summed E-state index contributed by atoms with van der Waals surface area (Å²) in [5.41, 5.74) is 0.102. The number of aromatic carboxylic acids is 1. The van der Waals surface area contributed by atoms with Gasteiger partial charge in [-0.1, -0.05) is 12.1 Å². The first-order valence-electron chi connectivity index (χ1n) is 6.03. The molecule has 108 valence electrons. The Hall–Kier alpha value is -2.96. The van der Waals surface area contributed by atoms with Crippen LogP contribution in [0.15, 0.2) is 42.7 Å². The number of pyridine rings is 1. The van der Waals surface area contributed by atoms with E-state index >= 15 is 0 Å². The Kier molecular flexibility index (Phi) is 4.45. The van der Waals surface area contributed by atoms with Crippen LogP contribution in [0.1, 0.15) is 15.9 Å². The summed E-state index contributed by atoms with van der Waals surface area (Å²) in [6.45, 7) is 0.220. The summed E-state index contributed by atoms with van der Waals surface area (Å²) in [6, 6.07) is 6.52. The average molecular weight is 289 g/mol. The number of rotatable bonds is 4. The van der Waals surface area contributed by atoms with Crippen molar-refractivity contribution in [2.45, 2.75) is 6.54 Å². The predicted molar refractivity (Wildman–Crippen MR) is 73.5 cm³/mol. The number of carbonyl (C=O) groups is 2. The molecule has 0 aliphatic carbocycles. The van der Waals surface area contributed by atoms with Crippen molar-refractivity contribution < 1.29 is 19.1 Å². The number of aromatic nitrogens is 1. The fourth-order valence-corrected chi connectivity index (χ4v) is 1.70. The third kappa shape index (κ3) is 3.75. The number of halogens is 1. The lowest BCUT2D eigenvalue weighted by Gasteiger charge is -2.10. The second-order valence-electron chi connectivity index (χ2n) is 4.14. The largest absolute Gasteiger partial charge is 0.478 e. The van der Waals surface area contributed by atoms with Crippen LogP contribution in [0.25, 0.3) is 0 Å². The Labute approximate surface area is 119 Å². The Morgan fingerprint density at radius 3 is 2.71 bits per heavy atom. The molecule has 2 aromatic rings. The van der Waals surface area contributed by atoms with Crippen molar-refractivity contribution in [3.63, 3.8) is 0 Å². The second kappa shape index (κ2) is 6.47. The maximum Gasteiger partial charge on any atom is 0.340 e. The Morgan fingerprint density at radius 1 is 1.24 bits per heavy atom. The van der Waals surface area contributed by atoms with Crippen LogP contribution in [0.5, 0.6) is 0 Å². The average Bonchev–Trinajstić information content (AvgIpc) is 2.46. The van der Waals surface area contributed by atoms with E-state index in [1.54, 1.807) is 24.5 Å². The predicted octanol–water partition coefficient (Wildman–Crippen LogP) is 2.24. The molecule has 0 atom stereocenters. The Morgan fingerprint density at radius 2 is 2.05 bits per heavy atom. The third-order valence-corrected chi connectivity index (χ3v) is 2.65. The molecule has 6 nitrogen and oxygen atoms in total. The van der Waals surface area contributed by atoms with E-state index in [2.05, 4.69) is 15.6 Å². The molecule has 0 unspecified atom stereocenters. The van der Waals surface area contributed by atoms with Gasteiger partial charge < -0.3 is 15.7 Å². The Bertz CT molecular complexity index is 662. The van der Waals surface area contributed by atoms with E-state index in [-0.39, 0.29) is 12.2 Å². The zero-order valence-corrected chi connectivity index (χ0v) is 10.8. The molecule has 0 fully saturated rings. The molecule has 21 heavy (non-hydrogen) atoms. The number of hydrogen-bond donors (Lipinski definition) is 3. The van der Waals surface area contributed by atoms with Crippen molar-refractivity contribution in [3.05, 3.63) is 59.7 Å². The van der Waals surface area contributed by atoms with Crippen molar-refractivity contribution in [2.75, 3.05) is 5.32 Å². The smallest absolute Gasteiger partial charge is 0.340 e. The van der Waals surface area contributed by atoms with Gasteiger partial charge in [0.05, 0.1) is 5.69 Å². The summed E-state index contributed by atoms with van der Waals surface area (Å²) in [4.78, 5) is 26.6. The monoisotopic (exact) mass is 289 g/mol. The Balaban J connectivity index is 2.03. The number of benzene rings is 1. The van der Waals surface area contributed by atoms with Crippen molar-refractivity contribution in [1.82, 2.24) is 10.3 Å². The molecule has 1 aromatic heterocycles. The minimum absolute atomic E-state index is 0.105. The van der Waals surface area contributed by atoms with Crippen LogP contribution in [0.2, 0.25) is 0 Å². The van der Waals surface area contributed by atoms with Crippen LogP contribution >= 0.6 is 0 Å². The quantitative estimate of drug-likeness (QED) is 0.805. The van der Waals surface area contributed by atoms with Gasteiger partial charge in [-0.15, -0.1) is 0 Å². The molecule has 2 amide bonds. The maximum absolute atomic E-state index is 13.4. The van der Waals surface area contributed by atoms with Gasteiger partial charge in [0, 0.05) is 18.9 Å². The van der Waals surface area contributed by atoms with Gasteiger partial charge in [-0.2, -0.15) is 0 Å². The summed E-state index contributed by atoms with van der Waals surface area (Å²) in [7, 11) is 0. The van der Waals surface area contributed by atoms with Crippen LogP contribution in [0, 0.1) is 5.82 Å². The number of anilines is 1. The van der Waals surface area contributed by atoms with Crippen molar-refractivity contribution >= 4 is 17.7 Å². The number of hydrogen-bond acceptors (Lipinski definition) is 3. The summed E-state index contributed by atoms with van der Waals surface area (Å²) < 4.78 is 13.4. The van der Waals surface area contributed by atoms with Gasteiger partial charge in [-0.25, -0.2) is 14.0 Å². The summed E-state index contributed by atoms with van der Waals surface area (Å²) in [5, 5.41) is 13.8. The fourth-order valence-electron chi connectivity index (χ4n) is 1.70. The molecule has 3 N–H and O–H groups in total. The van der Waals surface area contributed by atoms with Gasteiger partial charge in [0.2, 0.25) is 0 Å². The topological polar surface area (TPSA) is 91.3 Å². The van der Waals surface area contributed by atoms with Crippen LogP contribution < -0.4 is 10.6 Å². The SMILES string of the molecule is O=C(NCc1cccnc1)Nc1cccc(F)c1C(=O)O. The van der Waals surface area contributed by atoms with Gasteiger partial charge in [-0.05, 0) is 23.8 Å². The lowest BCUT2D eigenvalue weighted by Crippen LogP contribution is -2.29. The normalized spacial score (nSPS) is 9.95. The lowest BCUT2D eigenvalue weighted by atomic mass is 10.1. The number of amides is 2. The molecule has 2 rings (SSSR count). The number of nitrogens with zero attached hydrogens (tertiary/aromatic N) is 1. The standard InChI is InChI=1S/C14H12FN3O3/c15-10-4-1-5-11(12(10)13(19)20)18-14(21)17-8-9-3-2-6-16-7-9/h1-7H,8H2,(H,19,20)(H2,17,18,21). The lowest BCUT2D eigenvalue weighted by molar-refractivity contribution is 0.0693. The number of urea groups is 1. The number of carboxylic acid groups (broad SMARTS) is 1. The van der Waals surface area contributed by atoms with Gasteiger partial charge in [0.15, 0.2) is 0 Å². The van der Waals surface area contributed by atoms with E-state index in [0.29, 0.717) is 0 Å². The number of carboxylic acids is 1. The highest BCUT2D eigenvalue weighted by Gasteiger charge is 2.17. The van der Waals surface area contributed by atoms with Gasteiger partial charge in [0.1, 0.15) is 11.4 Å². The molecule has 0 aliphatic rings. The minimum Gasteiger partial charge on any atom is -0.478 e. The summed E-state index contributed by atoms with van der Waals surface area (Å²) >= 11 is 0. The van der Waals surface area contributed by atoms with E-state index in [0.717, 1.165) is 11.6 Å². The first-order valence-corrected chi connectivity index (χ1v) is 6.03. The third-order valence-electron chi connectivity index (χ3n) is 2.65. The number of nitrogens with one attached hydrogen (secondary N) is 2. The minimum atomic E-state index is -1.45. The summed E-state index contributed by atoms with van der Waals surface area (Å²) in [6.07, 6.45) is 3.20. The molecule has 0 aliphatic heterocycles. The van der Waals surface area contributed by atoms with Crippen molar-refractivity contribution in [2.24, 2.45) is 0 Å². The van der Waals surface area contributed by atoms with E-state index < -0.39 is 23.4 Å². The first-order chi connectivity index (χ1) is 10.1. The molecule has 0 saturated carbocycles. The highest BCUT2D eigenvalue weighted by molar-refractivity contribution is 6.00. The molecule has 0 saturated heterocycles. The zero-order chi connectivity index (χ0) is 15.2. The van der Waals surface area contributed by atoms with Crippen LogP contribution in [-0.2, 0) is 6.54 Å². The fraction of sp³-hybridized carbons (Fsp3) is 0.0714. The van der Waals surface area contributed by atoms with E-state index in [9.17, 15) is 14.0 Å². The van der Waals surface area contributed by atoms with E-state index in [1.807, 2.05) is 0 Å². The van der Waals surface area contributed by atoms with E-state index in [4.69, 9.17) is 5.11 Å². The number of carbonyl (C=O) groups excluding carboxylic acids is 1. The molecular formula is C14H12FN3O3. The van der Waals surface area contributed by atoms with Crippen molar-refractivity contribution in [1.29, 1.82) is 0 Å². The molecule has 0 radical (unpaired) electrons. The molecule has 7 heteroatoms. The zero-order valence-electron chi connectivity index (χ0n) is 10.8. The van der Waals surface area contributed by atoms with Gasteiger partial charge in [0.25, 0.3) is 0 Å². The highest BCUT2D eigenvalue weighted by atomic mass is 19.1. The van der Waals surface area contributed by atoms with Crippen molar-refractivity contribution in [3.8, 4) is 0 Å². The van der Waals surface area contributed by atoms with E-state index in [1.165, 1.54) is 12.1 Å². The summed E-state index contributed by atoms with van der Waals surface area (Å²) in [5.74, 6) is -2.36. The van der Waals surface area contributed by atoms with Crippen LogP contribution in [-0.4, -0.2) is 22.1 Å². The van der Waals surface area contributed by atoms with Gasteiger partial charge >= 0.3 is 12.0 Å². The maximum atomic E-state index is 13.4. The van der Waals surface area contributed by atoms with Gasteiger partial charge in [-0.3, -0.25) is 4.98 Å². The second-order valence-corrected chi connectivity index (χ2v) is 4.14. The molecule has 1 heterocycles. The molecule has 0 bridgehead atoms. The highest BCUT2D eigenvalue weighted by Crippen LogP contribution is 2.18. The first kappa shape index (κ1) is 14.4. The molecule has 0 spiro atoms. The molecular weight excluding hydrogens is 277 g/mol. The molecule has 1 aromatic carbocycles. The van der Waals surface area contributed by atoms with Crippen LogP contribution in [0.4, 0.5) is 14.9 Å².